The predicted molar refractivity (Wildman–Crippen MR) is 78.6 cm³/mol. The molecule has 0 aromatic heterocycles. The SMILES string of the molecule is CN1CCN(CCNc2cc(Cl)ccc2C#N)CC1. The Labute approximate surface area is 119 Å². The summed E-state index contributed by atoms with van der Waals surface area (Å²) in [5.74, 6) is 0. The van der Waals surface area contributed by atoms with Gasteiger partial charge in [0.2, 0.25) is 0 Å². The highest BCUT2D eigenvalue weighted by molar-refractivity contribution is 6.30. The first-order chi connectivity index (χ1) is 9.19. The summed E-state index contributed by atoms with van der Waals surface area (Å²) in [4.78, 5) is 4.78. The van der Waals surface area contributed by atoms with E-state index < -0.39 is 0 Å². The van der Waals surface area contributed by atoms with Crippen LogP contribution in [-0.4, -0.2) is 56.1 Å². The van der Waals surface area contributed by atoms with Crippen molar-refractivity contribution < 1.29 is 0 Å². The van der Waals surface area contributed by atoms with Gasteiger partial charge in [-0.15, -0.1) is 0 Å². The van der Waals surface area contributed by atoms with E-state index in [0.29, 0.717) is 10.6 Å². The highest BCUT2D eigenvalue weighted by Gasteiger charge is 2.13. The van der Waals surface area contributed by atoms with Crippen molar-refractivity contribution in [2.75, 3.05) is 51.6 Å². The van der Waals surface area contributed by atoms with E-state index in [4.69, 9.17) is 16.9 Å². The minimum Gasteiger partial charge on any atom is -0.383 e. The number of nitrogens with one attached hydrogen (secondary N) is 1. The van der Waals surface area contributed by atoms with Crippen LogP contribution in [0.15, 0.2) is 18.2 Å². The summed E-state index contributed by atoms with van der Waals surface area (Å²) in [7, 11) is 2.15. The molecule has 2 rings (SSSR count). The van der Waals surface area contributed by atoms with Crippen LogP contribution in [0.1, 0.15) is 5.56 Å². The lowest BCUT2D eigenvalue weighted by Crippen LogP contribution is -2.45. The van der Waals surface area contributed by atoms with Gasteiger partial charge in [-0.3, -0.25) is 4.90 Å². The lowest BCUT2D eigenvalue weighted by atomic mass is 10.2. The Morgan fingerprint density at radius 3 is 2.74 bits per heavy atom. The largest absolute Gasteiger partial charge is 0.383 e. The predicted octanol–water partition coefficient (Wildman–Crippen LogP) is 1.87. The van der Waals surface area contributed by atoms with E-state index in [1.54, 1.807) is 12.1 Å². The molecule has 4 nitrogen and oxygen atoms in total. The minimum atomic E-state index is 0.641. The number of rotatable bonds is 4. The summed E-state index contributed by atoms with van der Waals surface area (Å²) < 4.78 is 0. The van der Waals surface area contributed by atoms with Gasteiger partial charge in [-0.1, -0.05) is 11.6 Å². The monoisotopic (exact) mass is 278 g/mol. The Balaban J connectivity index is 1.83. The van der Waals surface area contributed by atoms with E-state index in [0.717, 1.165) is 45.0 Å². The third-order valence-electron chi connectivity index (χ3n) is 3.44. The second kappa shape index (κ2) is 6.76. The molecule has 19 heavy (non-hydrogen) atoms. The van der Waals surface area contributed by atoms with Gasteiger partial charge >= 0.3 is 0 Å². The quantitative estimate of drug-likeness (QED) is 0.913. The highest BCUT2D eigenvalue weighted by Crippen LogP contribution is 2.20. The Kier molecular flexibility index (Phi) is 5.03. The Bertz CT molecular complexity index is 461. The maximum Gasteiger partial charge on any atom is 0.101 e. The van der Waals surface area contributed by atoms with Crippen LogP contribution in [0, 0.1) is 11.3 Å². The zero-order valence-corrected chi connectivity index (χ0v) is 12.0. The topological polar surface area (TPSA) is 42.3 Å². The number of anilines is 1. The molecule has 1 N–H and O–H groups in total. The molecule has 1 saturated heterocycles. The fourth-order valence-electron chi connectivity index (χ4n) is 2.18. The molecule has 1 aromatic rings. The maximum absolute atomic E-state index is 9.04. The van der Waals surface area contributed by atoms with E-state index >= 15 is 0 Å². The first kappa shape index (κ1) is 14.1. The molecule has 0 unspecified atom stereocenters. The fourth-order valence-corrected chi connectivity index (χ4v) is 2.35. The second-order valence-electron chi connectivity index (χ2n) is 4.87. The molecule has 0 radical (unpaired) electrons. The lowest BCUT2D eigenvalue weighted by molar-refractivity contribution is 0.158. The third-order valence-corrected chi connectivity index (χ3v) is 3.68. The van der Waals surface area contributed by atoms with Crippen molar-refractivity contribution >= 4 is 17.3 Å². The number of hydrogen-bond acceptors (Lipinski definition) is 4. The molecule has 1 aliphatic heterocycles. The van der Waals surface area contributed by atoms with E-state index in [2.05, 4.69) is 28.2 Å². The number of benzene rings is 1. The van der Waals surface area contributed by atoms with Gasteiger partial charge < -0.3 is 10.2 Å². The van der Waals surface area contributed by atoms with E-state index in [9.17, 15) is 0 Å². The molecule has 0 bridgehead atoms. The van der Waals surface area contributed by atoms with Gasteiger partial charge in [-0.2, -0.15) is 5.26 Å². The summed E-state index contributed by atoms with van der Waals surface area (Å²) in [5, 5.41) is 13.0. The molecule has 1 aliphatic rings. The van der Waals surface area contributed by atoms with Crippen LogP contribution in [0.2, 0.25) is 5.02 Å². The van der Waals surface area contributed by atoms with Gasteiger partial charge in [0.15, 0.2) is 0 Å². The van der Waals surface area contributed by atoms with Crippen LogP contribution in [0.5, 0.6) is 0 Å². The van der Waals surface area contributed by atoms with Crippen molar-refractivity contribution in [3.8, 4) is 6.07 Å². The number of nitrogens with zero attached hydrogens (tertiary/aromatic N) is 3. The van der Waals surface area contributed by atoms with Crippen LogP contribution in [0.25, 0.3) is 0 Å². The van der Waals surface area contributed by atoms with Crippen LogP contribution in [0.4, 0.5) is 5.69 Å². The van der Waals surface area contributed by atoms with Gasteiger partial charge in [0.05, 0.1) is 11.3 Å². The van der Waals surface area contributed by atoms with Crippen molar-refractivity contribution in [2.24, 2.45) is 0 Å². The van der Waals surface area contributed by atoms with Crippen LogP contribution in [0.3, 0.4) is 0 Å². The van der Waals surface area contributed by atoms with Gasteiger partial charge in [0.1, 0.15) is 6.07 Å². The maximum atomic E-state index is 9.04. The van der Waals surface area contributed by atoms with Crippen molar-refractivity contribution in [3.63, 3.8) is 0 Å². The molecule has 0 atom stereocenters. The number of hydrogen-bond donors (Lipinski definition) is 1. The molecule has 5 heteroatoms. The number of halogens is 1. The zero-order chi connectivity index (χ0) is 13.7. The van der Waals surface area contributed by atoms with E-state index in [-0.39, 0.29) is 0 Å². The molecule has 0 amide bonds. The third kappa shape index (κ3) is 4.10. The Hall–Kier alpha value is -1.28. The van der Waals surface area contributed by atoms with Crippen molar-refractivity contribution in [1.29, 1.82) is 5.26 Å². The Morgan fingerprint density at radius 2 is 2.05 bits per heavy atom. The first-order valence-corrected chi connectivity index (χ1v) is 6.91. The minimum absolute atomic E-state index is 0.641. The van der Waals surface area contributed by atoms with Gasteiger partial charge in [-0.25, -0.2) is 0 Å². The van der Waals surface area contributed by atoms with Crippen LogP contribution >= 0.6 is 11.6 Å². The number of piperazine rings is 1. The van der Waals surface area contributed by atoms with E-state index in [1.807, 2.05) is 6.07 Å². The summed E-state index contributed by atoms with van der Waals surface area (Å²) in [6.45, 7) is 6.29. The normalized spacial score (nSPS) is 17.1. The summed E-state index contributed by atoms with van der Waals surface area (Å²) >= 11 is 5.95. The van der Waals surface area contributed by atoms with Gasteiger partial charge in [-0.05, 0) is 25.2 Å². The molecule has 0 aliphatic carbocycles. The van der Waals surface area contributed by atoms with Crippen LogP contribution < -0.4 is 5.32 Å². The highest BCUT2D eigenvalue weighted by atomic mass is 35.5. The summed E-state index contributed by atoms with van der Waals surface area (Å²) in [6.07, 6.45) is 0. The first-order valence-electron chi connectivity index (χ1n) is 6.53. The Morgan fingerprint density at radius 1 is 1.32 bits per heavy atom. The lowest BCUT2D eigenvalue weighted by Gasteiger charge is -2.32. The fraction of sp³-hybridized carbons (Fsp3) is 0.500. The average Bonchev–Trinajstić information content (AvgIpc) is 2.41. The summed E-state index contributed by atoms with van der Waals surface area (Å²) in [6, 6.07) is 7.48. The smallest absolute Gasteiger partial charge is 0.101 e. The van der Waals surface area contributed by atoms with E-state index in [1.165, 1.54) is 0 Å². The van der Waals surface area contributed by atoms with Crippen molar-refractivity contribution in [3.05, 3.63) is 28.8 Å². The zero-order valence-electron chi connectivity index (χ0n) is 11.2. The van der Waals surface area contributed by atoms with Gasteiger partial charge in [0.25, 0.3) is 0 Å². The molecule has 1 fully saturated rings. The molecule has 1 heterocycles. The average molecular weight is 279 g/mol. The molecular weight excluding hydrogens is 260 g/mol. The number of nitriles is 1. The number of likely N-dealkylation sites (N-methyl/N-ethyl adjacent to an activating group) is 1. The van der Waals surface area contributed by atoms with Gasteiger partial charge in [0, 0.05) is 44.3 Å². The molecular formula is C14H19ClN4. The molecule has 102 valence electrons. The molecule has 0 saturated carbocycles. The van der Waals surface area contributed by atoms with Crippen molar-refractivity contribution in [1.82, 2.24) is 9.80 Å². The summed E-state index contributed by atoms with van der Waals surface area (Å²) in [5.41, 5.74) is 1.46. The van der Waals surface area contributed by atoms with Crippen molar-refractivity contribution in [2.45, 2.75) is 0 Å². The second-order valence-corrected chi connectivity index (χ2v) is 5.31. The molecule has 1 aromatic carbocycles. The standard InChI is InChI=1S/C14H19ClN4/c1-18-6-8-19(9-7-18)5-4-17-14-10-13(15)3-2-12(14)11-16/h2-3,10,17H,4-9H2,1H3. The molecule has 0 spiro atoms. The van der Waals surface area contributed by atoms with Crippen LogP contribution in [-0.2, 0) is 0 Å².